The monoisotopic (exact) mass is 753 g/mol. The van der Waals surface area contributed by atoms with Crippen molar-refractivity contribution in [3.8, 4) is 33.4 Å². The van der Waals surface area contributed by atoms with E-state index in [1.54, 1.807) is 0 Å². The van der Waals surface area contributed by atoms with Crippen LogP contribution in [0.15, 0.2) is 221 Å². The molecule has 10 aromatic carbocycles. The van der Waals surface area contributed by atoms with Crippen LogP contribution in [0, 0.1) is 0 Å². The molecule has 0 N–H and O–H groups in total. The van der Waals surface area contributed by atoms with Gasteiger partial charge >= 0.3 is 0 Å². The Hall–Kier alpha value is -7.88. The molecular weight excluding hydrogens is 719 g/mol. The van der Waals surface area contributed by atoms with Gasteiger partial charge in [0, 0.05) is 27.4 Å². The number of fused-ring (bicyclic) bond motifs is 9. The SMILES string of the molecule is c1ccc(-c2ccccc2-c2ccccc2-c2ccccc2N(c2ccc3ccc4cc5oc6ccccc6c5cc4c3c2)c2cccc3oc4ccccc4c23)cc1. The largest absolute Gasteiger partial charge is 0.456 e. The fraction of sp³-hybridized carbons (Fsp3) is 0. The van der Waals surface area contributed by atoms with Crippen LogP contribution >= 0.6 is 0 Å². The predicted molar refractivity (Wildman–Crippen MR) is 247 cm³/mol. The van der Waals surface area contributed by atoms with E-state index in [9.17, 15) is 0 Å². The van der Waals surface area contributed by atoms with E-state index in [1.165, 1.54) is 38.4 Å². The second kappa shape index (κ2) is 13.4. The van der Waals surface area contributed by atoms with E-state index in [4.69, 9.17) is 8.83 Å². The lowest BCUT2D eigenvalue weighted by molar-refractivity contribution is 0.669. The van der Waals surface area contributed by atoms with Crippen LogP contribution in [0.2, 0.25) is 0 Å². The normalized spacial score (nSPS) is 11.7. The summed E-state index contributed by atoms with van der Waals surface area (Å²) in [6.07, 6.45) is 0. The number of anilines is 3. The summed E-state index contributed by atoms with van der Waals surface area (Å²) in [5.74, 6) is 0. The highest BCUT2D eigenvalue weighted by Crippen LogP contribution is 2.49. The second-order valence-electron chi connectivity index (χ2n) is 15.2. The highest BCUT2D eigenvalue weighted by atomic mass is 16.3. The minimum atomic E-state index is 0.851. The molecule has 0 atom stereocenters. The second-order valence-corrected chi connectivity index (χ2v) is 15.2. The van der Waals surface area contributed by atoms with E-state index < -0.39 is 0 Å². The molecule has 0 saturated carbocycles. The van der Waals surface area contributed by atoms with Gasteiger partial charge in [0.1, 0.15) is 22.3 Å². The van der Waals surface area contributed by atoms with Crippen molar-refractivity contribution in [2.24, 2.45) is 0 Å². The van der Waals surface area contributed by atoms with Gasteiger partial charge in [-0.2, -0.15) is 0 Å². The molecule has 0 radical (unpaired) electrons. The molecule has 12 aromatic rings. The zero-order valence-electron chi connectivity index (χ0n) is 32.0. The van der Waals surface area contributed by atoms with Gasteiger partial charge in [0.15, 0.2) is 0 Å². The molecule has 0 amide bonds. The standard InChI is InChI=1S/C56H35NO2/c1-2-15-36(16-3-1)40-17-4-5-18-41(40)42-19-6-7-20-43(42)44-21-8-11-24-50(44)57(51-25-14-28-54-56(51)46-23-10-13-27-53(46)58-54)39-32-31-37-29-30-38-33-55-49(35-48(38)47(37)34-39)45-22-9-12-26-52(45)59-55/h1-35H. The van der Waals surface area contributed by atoms with E-state index in [-0.39, 0.29) is 0 Å². The molecule has 0 unspecified atom stereocenters. The average Bonchev–Trinajstić information content (AvgIpc) is 3.87. The van der Waals surface area contributed by atoms with Crippen LogP contribution in [0.5, 0.6) is 0 Å². The predicted octanol–water partition coefficient (Wildman–Crippen LogP) is 16.3. The smallest absolute Gasteiger partial charge is 0.137 e. The Labute approximate surface area is 340 Å². The zero-order valence-corrected chi connectivity index (χ0v) is 32.0. The van der Waals surface area contributed by atoms with Crippen LogP contribution in [0.4, 0.5) is 17.1 Å². The van der Waals surface area contributed by atoms with Crippen LogP contribution in [-0.4, -0.2) is 0 Å². The van der Waals surface area contributed by atoms with Crippen molar-refractivity contribution in [2.75, 3.05) is 4.90 Å². The Kier molecular flexibility index (Phi) is 7.54. The molecule has 2 heterocycles. The first-order valence-corrected chi connectivity index (χ1v) is 20.1. The number of nitrogens with zero attached hydrogens (tertiary/aromatic N) is 1. The van der Waals surface area contributed by atoms with Gasteiger partial charge in [-0.05, 0) is 104 Å². The first-order chi connectivity index (χ1) is 29.3. The van der Waals surface area contributed by atoms with E-state index in [1.807, 2.05) is 18.2 Å². The summed E-state index contributed by atoms with van der Waals surface area (Å²) >= 11 is 0. The summed E-state index contributed by atoms with van der Waals surface area (Å²) in [7, 11) is 0. The Bertz CT molecular complexity index is 3580. The minimum absolute atomic E-state index is 0.851. The van der Waals surface area contributed by atoms with Crippen molar-refractivity contribution in [2.45, 2.75) is 0 Å². The number of hydrogen-bond acceptors (Lipinski definition) is 3. The Morgan fingerprint density at radius 2 is 0.831 bits per heavy atom. The van der Waals surface area contributed by atoms with Gasteiger partial charge < -0.3 is 13.7 Å². The molecule has 3 nitrogen and oxygen atoms in total. The Morgan fingerprint density at radius 1 is 0.288 bits per heavy atom. The van der Waals surface area contributed by atoms with Gasteiger partial charge in [-0.1, -0.05) is 158 Å². The third-order valence-corrected chi connectivity index (χ3v) is 11.9. The lowest BCUT2D eigenvalue weighted by atomic mass is 9.88. The Morgan fingerprint density at radius 3 is 1.64 bits per heavy atom. The van der Waals surface area contributed by atoms with E-state index in [0.29, 0.717) is 0 Å². The van der Waals surface area contributed by atoms with Crippen LogP contribution in [-0.2, 0) is 0 Å². The molecule has 0 aliphatic carbocycles. The van der Waals surface area contributed by atoms with Crippen molar-refractivity contribution < 1.29 is 8.83 Å². The van der Waals surface area contributed by atoms with Gasteiger partial charge in [-0.3, -0.25) is 0 Å². The first-order valence-electron chi connectivity index (χ1n) is 20.1. The topological polar surface area (TPSA) is 29.5 Å². The number of benzene rings is 10. The van der Waals surface area contributed by atoms with Crippen molar-refractivity contribution in [1.29, 1.82) is 0 Å². The van der Waals surface area contributed by atoms with Crippen molar-refractivity contribution >= 4 is 82.5 Å². The van der Waals surface area contributed by atoms with Gasteiger partial charge in [-0.25, -0.2) is 0 Å². The quantitative estimate of drug-likeness (QED) is 0.158. The molecule has 0 bridgehead atoms. The van der Waals surface area contributed by atoms with Crippen molar-refractivity contribution in [1.82, 2.24) is 0 Å². The van der Waals surface area contributed by atoms with E-state index >= 15 is 0 Å². The summed E-state index contributed by atoms with van der Waals surface area (Å²) < 4.78 is 12.9. The molecule has 0 saturated heterocycles. The van der Waals surface area contributed by atoms with Gasteiger partial charge in [0.25, 0.3) is 0 Å². The molecular formula is C56H35NO2. The zero-order chi connectivity index (χ0) is 38.9. The fourth-order valence-corrected chi connectivity index (χ4v) is 9.19. The van der Waals surface area contributed by atoms with Gasteiger partial charge in [-0.15, -0.1) is 0 Å². The van der Waals surface area contributed by atoms with Crippen molar-refractivity contribution in [3.63, 3.8) is 0 Å². The first kappa shape index (κ1) is 33.3. The van der Waals surface area contributed by atoms with E-state index in [0.717, 1.165) is 77.5 Å². The number of rotatable bonds is 6. The Balaban J connectivity index is 1.14. The summed E-state index contributed by atoms with van der Waals surface area (Å²) in [5, 5.41) is 9.08. The molecule has 0 aliphatic rings. The maximum absolute atomic E-state index is 6.52. The number of furan rings is 2. The molecule has 2 aromatic heterocycles. The van der Waals surface area contributed by atoms with Gasteiger partial charge in [0.2, 0.25) is 0 Å². The maximum atomic E-state index is 6.52. The average molecular weight is 754 g/mol. The molecule has 12 rings (SSSR count). The van der Waals surface area contributed by atoms with Crippen molar-refractivity contribution in [3.05, 3.63) is 212 Å². The van der Waals surface area contributed by atoms with Crippen LogP contribution in [0.25, 0.3) is 98.8 Å². The molecule has 0 spiro atoms. The lowest BCUT2D eigenvalue weighted by Gasteiger charge is -2.29. The number of hydrogen-bond donors (Lipinski definition) is 0. The van der Waals surface area contributed by atoms with Crippen LogP contribution in [0.1, 0.15) is 0 Å². The fourth-order valence-electron chi connectivity index (χ4n) is 9.19. The summed E-state index contributed by atoms with van der Waals surface area (Å²) in [5.41, 5.74) is 13.7. The molecule has 3 heteroatoms. The van der Waals surface area contributed by atoms with Crippen LogP contribution < -0.4 is 4.90 Å². The molecule has 0 fully saturated rings. The maximum Gasteiger partial charge on any atom is 0.137 e. The minimum Gasteiger partial charge on any atom is -0.456 e. The number of para-hydroxylation sites is 3. The van der Waals surface area contributed by atoms with Crippen LogP contribution in [0.3, 0.4) is 0 Å². The van der Waals surface area contributed by atoms with E-state index in [2.05, 4.69) is 199 Å². The molecule has 276 valence electrons. The van der Waals surface area contributed by atoms with Gasteiger partial charge in [0.05, 0.1) is 16.8 Å². The highest BCUT2D eigenvalue weighted by Gasteiger charge is 2.24. The third kappa shape index (κ3) is 5.36. The summed E-state index contributed by atoms with van der Waals surface area (Å²) in [4.78, 5) is 2.43. The lowest BCUT2D eigenvalue weighted by Crippen LogP contribution is -2.12. The summed E-state index contributed by atoms with van der Waals surface area (Å²) in [6, 6.07) is 75.9. The summed E-state index contributed by atoms with van der Waals surface area (Å²) in [6.45, 7) is 0. The highest BCUT2D eigenvalue weighted by molar-refractivity contribution is 6.18. The third-order valence-electron chi connectivity index (χ3n) is 11.9. The molecule has 0 aliphatic heterocycles. The molecule has 59 heavy (non-hydrogen) atoms.